The molecule has 0 radical (unpaired) electrons. The van der Waals surface area contributed by atoms with Crippen LogP contribution in [-0.4, -0.2) is 42.3 Å². The lowest BCUT2D eigenvalue weighted by Crippen LogP contribution is -2.46. The van der Waals surface area contributed by atoms with E-state index in [1.54, 1.807) is 0 Å². The van der Waals surface area contributed by atoms with Crippen LogP contribution in [0.1, 0.15) is 39.2 Å². The van der Waals surface area contributed by atoms with Crippen molar-refractivity contribution < 1.29 is 9.53 Å². The number of alkyl carbamates (subject to hydrolysis) is 1. The summed E-state index contributed by atoms with van der Waals surface area (Å²) in [6, 6.07) is 10.4. The van der Waals surface area contributed by atoms with Crippen LogP contribution < -0.4 is 5.32 Å². The topological polar surface area (TPSA) is 41.6 Å². The molecule has 1 aromatic rings. The summed E-state index contributed by atoms with van der Waals surface area (Å²) < 4.78 is 5.40. The van der Waals surface area contributed by atoms with Crippen LogP contribution in [0.4, 0.5) is 4.79 Å². The molecule has 4 heteroatoms. The van der Waals surface area contributed by atoms with Gasteiger partial charge >= 0.3 is 6.09 Å². The molecule has 0 aromatic heterocycles. The Hall–Kier alpha value is -1.55. The van der Waals surface area contributed by atoms with Crippen molar-refractivity contribution >= 4 is 6.09 Å². The smallest absolute Gasteiger partial charge is 0.407 e. The van der Waals surface area contributed by atoms with E-state index in [0.717, 1.165) is 26.1 Å². The van der Waals surface area contributed by atoms with E-state index in [1.165, 1.54) is 18.4 Å². The number of rotatable bonds is 5. The second-order valence-corrected chi connectivity index (χ2v) is 7.04. The minimum Gasteiger partial charge on any atom is -0.444 e. The predicted molar refractivity (Wildman–Crippen MR) is 89.0 cm³/mol. The monoisotopic (exact) mass is 304 g/mol. The van der Waals surface area contributed by atoms with Crippen molar-refractivity contribution in [3.8, 4) is 0 Å². The first-order chi connectivity index (χ1) is 10.4. The molecule has 0 bridgehead atoms. The summed E-state index contributed by atoms with van der Waals surface area (Å²) in [7, 11) is 0. The van der Waals surface area contributed by atoms with E-state index in [9.17, 15) is 4.79 Å². The zero-order chi connectivity index (χ0) is 16.0. The number of likely N-dealkylation sites (tertiary alicyclic amines) is 1. The zero-order valence-electron chi connectivity index (χ0n) is 14.0. The van der Waals surface area contributed by atoms with Gasteiger partial charge in [-0.15, -0.1) is 0 Å². The molecule has 122 valence electrons. The van der Waals surface area contributed by atoms with Crippen LogP contribution in [0, 0.1) is 0 Å². The highest BCUT2D eigenvalue weighted by atomic mass is 16.6. The van der Waals surface area contributed by atoms with Crippen LogP contribution in [-0.2, 0) is 11.2 Å². The molecule has 1 aliphatic heterocycles. The highest BCUT2D eigenvalue weighted by molar-refractivity contribution is 5.68. The van der Waals surface area contributed by atoms with Crippen molar-refractivity contribution in [3.05, 3.63) is 35.9 Å². The van der Waals surface area contributed by atoms with Gasteiger partial charge in [-0.25, -0.2) is 4.79 Å². The third-order valence-electron chi connectivity index (χ3n) is 3.72. The molecule has 2 rings (SSSR count). The Balaban J connectivity index is 1.95. The molecule has 1 fully saturated rings. The Kier molecular flexibility index (Phi) is 5.83. The van der Waals surface area contributed by atoms with Crippen molar-refractivity contribution in [1.82, 2.24) is 10.2 Å². The second kappa shape index (κ2) is 7.63. The Morgan fingerprint density at radius 1 is 1.23 bits per heavy atom. The number of amides is 1. The maximum Gasteiger partial charge on any atom is 0.407 e. The molecular weight excluding hydrogens is 276 g/mol. The Morgan fingerprint density at radius 2 is 1.86 bits per heavy atom. The van der Waals surface area contributed by atoms with E-state index < -0.39 is 5.60 Å². The van der Waals surface area contributed by atoms with Crippen molar-refractivity contribution in [1.29, 1.82) is 0 Å². The summed E-state index contributed by atoms with van der Waals surface area (Å²) in [6.45, 7) is 8.80. The number of nitrogens with one attached hydrogen (secondary N) is 1. The van der Waals surface area contributed by atoms with Gasteiger partial charge < -0.3 is 15.0 Å². The van der Waals surface area contributed by atoms with Crippen LogP contribution in [0.3, 0.4) is 0 Å². The normalized spacial score (nSPS) is 17.2. The number of ether oxygens (including phenoxy) is 1. The third-order valence-corrected chi connectivity index (χ3v) is 3.72. The summed E-state index contributed by atoms with van der Waals surface area (Å²) in [5.74, 6) is 0. The van der Waals surface area contributed by atoms with E-state index in [0.29, 0.717) is 0 Å². The number of nitrogens with zero attached hydrogens (tertiary/aromatic N) is 1. The SMILES string of the molecule is CC(C)(C)OC(=O)NC(Cc1ccccc1)CN1CCCC1. The molecule has 1 aliphatic rings. The molecule has 4 nitrogen and oxygen atoms in total. The first-order valence-electron chi connectivity index (χ1n) is 8.18. The van der Waals surface area contributed by atoms with Crippen LogP contribution in [0.25, 0.3) is 0 Å². The van der Waals surface area contributed by atoms with Gasteiger partial charge in [-0.1, -0.05) is 30.3 Å². The number of carbonyl (C=O) groups excluding carboxylic acids is 1. The van der Waals surface area contributed by atoms with Crippen molar-refractivity contribution in [2.75, 3.05) is 19.6 Å². The first kappa shape index (κ1) is 16.8. The number of benzene rings is 1. The maximum atomic E-state index is 12.1. The average molecular weight is 304 g/mol. The van der Waals surface area contributed by atoms with E-state index >= 15 is 0 Å². The fraction of sp³-hybridized carbons (Fsp3) is 0.611. The Labute approximate surface area is 133 Å². The summed E-state index contributed by atoms with van der Waals surface area (Å²) >= 11 is 0. The molecule has 22 heavy (non-hydrogen) atoms. The van der Waals surface area contributed by atoms with E-state index in [2.05, 4.69) is 22.3 Å². The van der Waals surface area contributed by atoms with Crippen molar-refractivity contribution in [3.63, 3.8) is 0 Å². The van der Waals surface area contributed by atoms with Crippen LogP contribution in [0.5, 0.6) is 0 Å². The molecule has 1 saturated heterocycles. The van der Waals surface area contributed by atoms with Gasteiger partial charge in [0.05, 0.1) is 0 Å². The Morgan fingerprint density at radius 3 is 2.45 bits per heavy atom. The predicted octanol–water partition coefficient (Wildman–Crippen LogP) is 3.22. The second-order valence-electron chi connectivity index (χ2n) is 7.04. The van der Waals surface area contributed by atoms with Crippen molar-refractivity contribution in [2.45, 2.75) is 51.7 Å². The summed E-state index contributed by atoms with van der Waals surface area (Å²) in [4.78, 5) is 14.5. The lowest BCUT2D eigenvalue weighted by molar-refractivity contribution is 0.0494. The van der Waals surface area contributed by atoms with E-state index in [-0.39, 0.29) is 12.1 Å². The van der Waals surface area contributed by atoms with Gasteiger partial charge in [0.1, 0.15) is 5.60 Å². The van der Waals surface area contributed by atoms with Gasteiger partial charge in [-0.3, -0.25) is 0 Å². The molecule has 0 aliphatic carbocycles. The zero-order valence-corrected chi connectivity index (χ0v) is 14.0. The molecule has 1 atom stereocenters. The molecular formula is C18H28N2O2. The summed E-state index contributed by atoms with van der Waals surface area (Å²) in [5, 5.41) is 3.05. The molecule has 1 amide bonds. The van der Waals surface area contributed by atoms with Crippen molar-refractivity contribution in [2.24, 2.45) is 0 Å². The average Bonchev–Trinajstić information content (AvgIpc) is 2.90. The standard InChI is InChI=1S/C18H28N2O2/c1-18(2,3)22-17(21)19-16(14-20-11-7-8-12-20)13-15-9-5-4-6-10-15/h4-6,9-10,16H,7-8,11-14H2,1-3H3,(H,19,21). The fourth-order valence-corrected chi connectivity index (χ4v) is 2.81. The van der Waals surface area contributed by atoms with Gasteiger partial charge in [0.15, 0.2) is 0 Å². The maximum absolute atomic E-state index is 12.1. The lowest BCUT2D eigenvalue weighted by atomic mass is 10.1. The van der Waals surface area contributed by atoms with Gasteiger partial charge in [0, 0.05) is 12.6 Å². The highest BCUT2D eigenvalue weighted by Crippen LogP contribution is 2.12. The fourth-order valence-electron chi connectivity index (χ4n) is 2.81. The third kappa shape index (κ3) is 6.06. The van der Waals surface area contributed by atoms with Gasteiger partial charge in [-0.05, 0) is 58.7 Å². The number of hydrogen-bond acceptors (Lipinski definition) is 3. The summed E-state index contributed by atoms with van der Waals surface area (Å²) in [5.41, 5.74) is 0.775. The van der Waals surface area contributed by atoms with Gasteiger partial charge in [0.25, 0.3) is 0 Å². The molecule has 1 unspecified atom stereocenters. The number of carbonyl (C=O) groups is 1. The minimum absolute atomic E-state index is 0.0790. The van der Waals surface area contributed by atoms with Gasteiger partial charge in [-0.2, -0.15) is 0 Å². The van der Waals surface area contributed by atoms with Gasteiger partial charge in [0.2, 0.25) is 0 Å². The quantitative estimate of drug-likeness (QED) is 0.908. The summed E-state index contributed by atoms with van der Waals surface area (Å²) in [6.07, 6.45) is 3.01. The molecule has 1 N–H and O–H groups in total. The molecule has 1 heterocycles. The first-order valence-corrected chi connectivity index (χ1v) is 8.18. The number of hydrogen-bond donors (Lipinski definition) is 1. The van der Waals surface area contributed by atoms with Crippen LogP contribution >= 0.6 is 0 Å². The highest BCUT2D eigenvalue weighted by Gasteiger charge is 2.22. The lowest BCUT2D eigenvalue weighted by Gasteiger charge is -2.26. The Bertz CT molecular complexity index is 462. The minimum atomic E-state index is -0.463. The van der Waals surface area contributed by atoms with E-state index in [1.807, 2.05) is 39.0 Å². The molecule has 1 aromatic carbocycles. The molecule has 0 saturated carbocycles. The van der Waals surface area contributed by atoms with E-state index in [4.69, 9.17) is 4.74 Å². The van der Waals surface area contributed by atoms with Crippen LogP contribution in [0.2, 0.25) is 0 Å². The largest absolute Gasteiger partial charge is 0.444 e. The molecule has 0 spiro atoms. The van der Waals surface area contributed by atoms with Crippen LogP contribution in [0.15, 0.2) is 30.3 Å².